The van der Waals surface area contributed by atoms with Gasteiger partial charge < -0.3 is 14.4 Å². The van der Waals surface area contributed by atoms with Crippen molar-refractivity contribution < 1.29 is 14.4 Å². The predicted molar refractivity (Wildman–Crippen MR) is 87.3 cm³/mol. The number of methoxy groups -OCH3 is 1. The van der Waals surface area contributed by atoms with E-state index < -0.39 is 0 Å². The normalized spacial score (nSPS) is 19.9. The third-order valence-electron chi connectivity index (χ3n) is 4.40. The van der Waals surface area contributed by atoms with E-state index >= 15 is 0 Å². The Balaban J connectivity index is 1.65. The number of aromatic nitrogens is 1. The van der Waals surface area contributed by atoms with Crippen molar-refractivity contribution in [1.82, 2.24) is 15.0 Å². The second kappa shape index (κ2) is 7.12. The smallest absolute Gasteiger partial charge is 0.151 e. The van der Waals surface area contributed by atoms with Crippen LogP contribution in [0.15, 0.2) is 34.9 Å². The van der Waals surface area contributed by atoms with Gasteiger partial charge in [0.25, 0.3) is 0 Å². The zero-order chi connectivity index (χ0) is 16.2. The largest absolute Gasteiger partial charge is 0.497 e. The lowest BCUT2D eigenvalue weighted by atomic mass is 10.1. The van der Waals surface area contributed by atoms with Crippen LogP contribution in [0, 0.1) is 0 Å². The quantitative estimate of drug-likeness (QED) is 0.901. The molecule has 1 aromatic heterocycles. The van der Waals surface area contributed by atoms with Gasteiger partial charge in [-0.2, -0.15) is 0 Å². The van der Waals surface area contributed by atoms with Crippen molar-refractivity contribution in [3.05, 3.63) is 36.1 Å². The van der Waals surface area contributed by atoms with Crippen LogP contribution in [-0.2, 0) is 6.54 Å². The molecule has 1 aliphatic rings. The molecule has 0 saturated carbocycles. The summed E-state index contributed by atoms with van der Waals surface area (Å²) in [4.78, 5) is 4.48. The van der Waals surface area contributed by atoms with E-state index in [0.717, 1.165) is 42.4 Å². The number of rotatable bonds is 5. The molecule has 1 aromatic carbocycles. The van der Waals surface area contributed by atoms with E-state index in [1.54, 1.807) is 7.11 Å². The van der Waals surface area contributed by atoms with Crippen molar-refractivity contribution >= 4 is 0 Å². The summed E-state index contributed by atoms with van der Waals surface area (Å²) >= 11 is 0. The summed E-state index contributed by atoms with van der Waals surface area (Å²) in [6.45, 7) is 3.65. The Labute approximate surface area is 136 Å². The highest BCUT2D eigenvalue weighted by Crippen LogP contribution is 2.23. The van der Waals surface area contributed by atoms with Gasteiger partial charge in [0, 0.05) is 37.3 Å². The maximum absolute atomic E-state index is 9.43. The molecule has 124 valence electrons. The van der Waals surface area contributed by atoms with Crippen LogP contribution in [0.3, 0.4) is 0 Å². The molecule has 2 aromatic rings. The first kappa shape index (κ1) is 16.0. The minimum absolute atomic E-state index is 0.181. The van der Waals surface area contributed by atoms with Gasteiger partial charge in [-0.1, -0.05) is 5.16 Å². The summed E-state index contributed by atoms with van der Waals surface area (Å²) in [6.07, 6.45) is 0. The maximum Gasteiger partial charge on any atom is 0.151 e. The molecule has 1 unspecified atom stereocenters. The fourth-order valence-electron chi connectivity index (χ4n) is 2.86. The Morgan fingerprint density at radius 3 is 2.78 bits per heavy atom. The van der Waals surface area contributed by atoms with E-state index in [4.69, 9.17) is 9.26 Å². The first-order valence-electron chi connectivity index (χ1n) is 7.83. The van der Waals surface area contributed by atoms with Crippen molar-refractivity contribution in [2.24, 2.45) is 0 Å². The Morgan fingerprint density at radius 2 is 2.09 bits per heavy atom. The van der Waals surface area contributed by atoms with Gasteiger partial charge in [-0.3, -0.25) is 9.80 Å². The van der Waals surface area contributed by atoms with Crippen LogP contribution in [-0.4, -0.2) is 66.5 Å². The van der Waals surface area contributed by atoms with E-state index in [1.807, 2.05) is 30.3 Å². The second-order valence-corrected chi connectivity index (χ2v) is 5.96. The SMILES string of the molecule is COc1ccc(-c2cc(CN3CCN(C)C(CO)C3)on2)cc1. The highest BCUT2D eigenvalue weighted by molar-refractivity contribution is 5.59. The molecule has 0 radical (unpaired) electrons. The van der Waals surface area contributed by atoms with Crippen molar-refractivity contribution in [2.75, 3.05) is 40.4 Å². The van der Waals surface area contributed by atoms with Gasteiger partial charge in [0.2, 0.25) is 0 Å². The van der Waals surface area contributed by atoms with E-state index in [0.29, 0.717) is 6.54 Å². The van der Waals surface area contributed by atoms with E-state index in [-0.39, 0.29) is 12.6 Å². The average molecular weight is 317 g/mol. The van der Waals surface area contributed by atoms with Gasteiger partial charge in [0.15, 0.2) is 5.76 Å². The van der Waals surface area contributed by atoms with Gasteiger partial charge in [-0.05, 0) is 31.3 Å². The van der Waals surface area contributed by atoms with E-state index in [9.17, 15) is 5.11 Å². The zero-order valence-corrected chi connectivity index (χ0v) is 13.6. The van der Waals surface area contributed by atoms with Crippen LogP contribution in [0.1, 0.15) is 5.76 Å². The first-order valence-corrected chi connectivity index (χ1v) is 7.83. The fraction of sp³-hybridized carbons (Fsp3) is 0.471. The molecule has 1 saturated heterocycles. The molecule has 6 heteroatoms. The topological polar surface area (TPSA) is 62.0 Å². The van der Waals surface area contributed by atoms with Gasteiger partial charge >= 0.3 is 0 Å². The fourth-order valence-corrected chi connectivity index (χ4v) is 2.86. The summed E-state index contributed by atoms with van der Waals surface area (Å²) in [5.74, 6) is 1.67. The summed E-state index contributed by atoms with van der Waals surface area (Å²) in [6, 6.07) is 9.93. The lowest BCUT2D eigenvalue weighted by molar-refractivity contribution is 0.0499. The molecular weight excluding hydrogens is 294 g/mol. The summed E-state index contributed by atoms with van der Waals surface area (Å²) in [7, 11) is 3.70. The standard InChI is InChI=1S/C17H23N3O3/c1-19-7-8-20(10-14(19)12-21)11-16-9-17(18-23-16)13-3-5-15(22-2)6-4-13/h3-6,9,14,21H,7-8,10-12H2,1-2H3. The van der Waals surface area contributed by atoms with Crippen LogP contribution in [0.4, 0.5) is 0 Å². The molecule has 1 atom stereocenters. The van der Waals surface area contributed by atoms with Gasteiger partial charge in [0.1, 0.15) is 11.4 Å². The number of hydrogen-bond donors (Lipinski definition) is 1. The molecule has 0 amide bonds. The van der Waals surface area contributed by atoms with Crippen LogP contribution in [0.25, 0.3) is 11.3 Å². The summed E-state index contributed by atoms with van der Waals surface area (Å²) in [5, 5.41) is 13.6. The number of ether oxygens (including phenoxy) is 1. The second-order valence-electron chi connectivity index (χ2n) is 5.96. The monoisotopic (exact) mass is 317 g/mol. The highest BCUT2D eigenvalue weighted by Gasteiger charge is 2.24. The molecule has 2 heterocycles. The van der Waals surface area contributed by atoms with Crippen LogP contribution < -0.4 is 4.74 Å². The highest BCUT2D eigenvalue weighted by atomic mass is 16.5. The van der Waals surface area contributed by atoms with Gasteiger partial charge in [-0.15, -0.1) is 0 Å². The number of benzene rings is 1. The number of piperazine rings is 1. The van der Waals surface area contributed by atoms with Crippen LogP contribution >= 0.6 is 0 Å². The summed E-state index contributed by atoms with van der Waals surface area (Å²) < 4.78 is 10.6. The lowest BCUT2D eigenvalue weighted by Crippen LogP contribution is -2.52. The zero-order valence-electron chi connectivity index (χ0n) is 13.6. The van der Waals surface area contributed by atoms with Gasteiger partial charge in [0.05, 0.1) is 20.3 Å². The maximum atomic E-state index is 9.43. The first-order chi connectivity index (χ1) is 11.2. The molecule has 6 nitrogen and oxygen atoms in total. The number of hydrogen-bond acceptors (Lipinski definition) is 6. The molecule has 1 N–H and O–H groups in total. The number of aliphatic hydroxyl groups excluding tert-OH is 1. The average Bonchev–Trinajstić information content (AvgIpc) is 3.05. The Morgan fingerprint density at radius 1 is 1.30 bits per heavy atom. The minimum Gasteiger partial charge on any atom is -0.497 e. The predicted octanol–water partition coefficient (Wildman–Crippen LogP) is 1.46. The molecule has 3 rings (SSSR count). The lowest BCUT2D eigenvalue weighted by Gasteiger charge is -2.38. The molecule has 23 heavy (non-hydrogen) atoms. The Hall–Kier alpha value is -1.89. The Kier molecular flexibility index (Phi) is 4.95. The third kappa shape index (κ3) is 3.72. The molecular formula is C17H23N3O3. The molecule has 0 bridgehead atoms. The number of aliphatic hydroxyl groups is 1. The van der Waals surface area contributed by atoms with E-state index in [2.05, 4.69) is 22.0 Å². The molecule has 1 aliphatic heterocycles. The van der Waals surface area contributed by atoms with Crippen LogP contribution in [0.2, 0.25) is 0 Å². The van der Waals surface area contributed by atoms with Crippen molar-refractivity contribution in [3.63, 3.8) is 0 Å². The minimum atomic E-state index is 0.181. The summed E-state index contributed by atoms with van der Waals surface area (Å²) in [5.41, 5.74) is 1.84. The molecule has 1 fully saturated rings. The van der Waals surface area contributed by atoms with E-state index in [1.165, 1.54) is 0 Å². The molecule has 0 spiro atoms. The van der Waals surface area contributed by atoms with Crippen LogP contribution in [0.5, 0.6) is 5.75 Å². The molecule has 0 aliphatic carbocycles. The number of nitrogens with zero attached hydrogens (tertiary/aromatic N) is 3. The van der Waals surface area contributed by atoms with Crippen molar-refractivity contribution in [2.45, 2.75) is 12.6 Å². The van der Waals surface area contributed by atoms with Crippen molar-refractivity contribution in [1.29, 1.82) is 0 Å². The number of likely N-dealkylation sites (N-methyl/N-ethyl adjacent to an activating group) is 1. The Bertz CT molecular complexity index is 626. The van der Waals surface area contributed by atoms with Gasteiger partial charge in [-0.25, -0.2) is 0 Å². The van der Waals surface area contributed by atoms with Crippen molar-refractivity contribution in [3.8, 4) is 17.0 Å². The third-order valence-corrected chi connectivity index (χ3v) is 4.40.